The number of amidine groups is 1. The van der Waals surface area contributed by atoms with Crippen LogP contribution in [0.5, 0.6) is 5.75 Å². The molecule has 0 atom stereocenters. The van der Waals surface area contributed by atoms with E-state index < -0.39 is 0 Å². The van der Waals surface area contributed by atoms with Crippen molar-refractivity contribution in [3.63, 3.8) is 0 Å². The SMILES string of the molecule is Cc1c(C)c(C)c(N(CC2=NC(C)(C)C(C)(C)[NH2+]2)c2c(C)c(C)c(C)c(O)c2C)c(C)c1C. The molecule has 180 valence electrons. The first-order valence-electron chi connectivity index (χ1n) is 12.1. The van der Waals surface area contributed by atoms with Crippen LogP contribution in [0.2, 0.25) is 0 Å². The standard InChI is InChI=1S/C29H43N3O/c1-15-16(2)19(5)25(20(6)17(15)3)32(14-24-30-28(10,11)29(12,13)31-24)26-21(7)18(4)22(8)27(33)23(26)9/h33H,14H2,1-13H3,(H,30,31)/p+1. The molecule has 1 heterocycles. The highest BCUT2D eigenvalue weighted by Crippen LogP contribution is 2.44. The second kappa shape index (κ2) is 8.16. The van der Waals surface area contributed by atoms with Gasteiger partial charge in [-0.2, -0.15) is 0 Å². The van der Waals surface area contributed by atoms with Crippen LogP contribution >= 0.6 is 0 Å². The van der Waals surface area contributed by atoms with Gasteiger partial charge in [-0.15, -0.1) is 0 Å². The van der Waals surface area contributed by atoms with Crippen LogP contribution in [0.4, 0.5) is 11.4 Å². The lowest BCUT2D eigenvalue weighted by molar-refractivity contribution is -0.616. The van der Waals surface area contributed by atoms with Crippen LogP contribution in [-0.2, 0) is 0 Å². The average molecular weight is 451 g/mol. The first-order valence-corrected chi connectivity index (χ1v) is 12.1. The van der Waals surface area contributed by atoms with Crippen molar-refractivity contribution in [2.75, 3.05) is 11.4 Å². The van der Waals surface area contributed by atoms with Gasteiger partial charge in [-0.25, -0.2) is 4.99 Å². The lowest BCUT2D eigenvalue weighted by Crippen LogP contribution is -2.99. The molecule has 0 unspecified atom stereocenters. The fourth-order valence-electron chi connectivity index (χ4n) is 5.24. The molecule has 0 bridgehead atoms. The van der Waals surface area contributed by atoms with Crippen LogP contribution in [0.15, 0.2) is 4.99 Å². The van der Waals surface area contributed by atoms with Crippen molar-refractivity contribution in [3.05, 3.63) is 50.1 Å². The number of benzene rings is 2. The minimum absolute atomic E-state index is 0.00732. The van der Waals surface area contributed by atoms with Crippen molar-refractivity contribution in [2.24, 2.45) is 4.99 Å². The first kappa shape index (κ1) is 25.3. The van der Waals surface area contributed by atoms with Gasteiger partial charge in [0.15, 0.2) is 0 Å². The molecule has 0 fully saturated rings. The molecule has 2 aromatic carbocycles. The topological polar surface area (TPSA) is 52.4 Å². The van der Waals surface area contributed by atoms with Gasteiger partial charge in [-0.05, 0) is 135 Å². The Labute approximate surface area is 201 Å². The number of hydrogen-bond acceptors (Lipinski definition) is 3. The maximum atomic E-state index is 11.0. The molecule has 1 aliphatic heterocycles. The molecule has 2 aromatic rings. The quantitative estimate of drug-likeness (QED) is 0.615. The predicted molar refractivity (Wildman–Crippen MR) is 142 cm³/mol. The second-order valence-electron chi connectivity index (χ2n) is 11.3. The third-order valence-electron chi connectivity index (χ3n) is 8.89. The number of hydrogen-bond donors (Lipinski definition) is 2. The van der Waals surface area contributed by atoms with Crippen LogP contribution in [0.25, 0.3) is 0 Å². The number of anilines is 2. The van der Waals surface area contributed by atoms with Gasteiger partial charge in [-0.3, -0.25) is 5.32 Å². The molecular weight excluding hydrogens is 406 g/mol. The summed E-state index contributed by atoms with van der Waals surface area (Å²) in [5.74, 6) is 1.50. The summed E-state index contributed by atoms with van der Waals surface area (Å²) in [5.41, 5.74) is 13.1. The molecule has 33 heavy (non-hydrogen) atoms. The van der Waals surface area contributed by atoms with E-state index in [4.69, 9.17) is 4.99 Å². The van der Waals surface area contributed by atoms with Gasteiger partial charge < -0.3 is 10.0 Å². The maximum absolute atomic E-state index is 11.0. The van der Waals surface area contributed by atoms with Crippen molar-refractivity contribution >= 4 is 17.2 Å². The van der Waals surface area contributed by atoms with Gasteiger partial charge in [0.05, 0.1) is 5.69 Å². The van der Waals surface area contributed by atoms with E-state index in [9.17, 15) is 5.11 Å². The summed E-state index contributed by atoms with van der Waals surface area (Å²) in [7, 11) is 0. The Morgan fingerprint density at radius 1 is 0.636 bits per heavy atom. The molecule has 0 radical (unpaired) electrons. The van der Waals surface area contributed by atoms with E-state index >= 15 is 0 Å². The summed E-state index contributed by atoms with van der Waals surface area (Å²) in [5, 5.41) is 13.4. The first-order chi connectivity index (χ1) is 15.0. The number of aliphatic imine (C=N–C) groups is 1. The molecule has 0 saturated carbocycles. The second-order valence-corrected chi connectivity index (χ2v) is 11.3. The van der Waals surface area contributed by atoms with Crippen LogP contribution < -0.4 is 10.2 Å². The largest absolute Gasteiger partial charge is 0.507 e. The lowest BCUT2D eigenvalue weighted by atomic mass is 9.85. The molecule has 3 N–H and O–H groups in total. The van der Waals surface area contributed by atoms with E-state index in [1.54, 1.807) is 0 Å². The van der Waals surface area contributed by atoms with Gasteiger partial charge in [0.25, 0.3) is 0 Å². The van der Waals surface area contributed by atoms with Crippen LogP contribution in [0.3, 0.4) is 0 Å². The van der Waals surface area contributed by atoms with Crippen molar-refractivity contribution in [1.29, 1.82) is 0 Å². The highest BCUT2D eigenvalue weighted by Gasteiger charge is 2.48. The maximum Gasteiger partial charge on any atom is 0.216 e. The molecule has 0 aliphatic carbocycles. The molecule has 0 amide bonds. The highest BCUT2D eigenvalue weighted by molar-refractivity contribution is 5.88. The Kier molecular flexibility index (Phi) is 6.25. The summed E-state index contributed by atoms with van der Waals surface area (Å²) in [6.45, 7) is 29.1. The summed E-state index contributed by atoms with van der Waals surface area (Å²) in [6.07, 6.45) is 0. The van der Waals surface area contributed by atoms with Gasteiger partial charge in [0.1, 0.15) is 23.4 Å². The highest BCUT2D eigenvalue weighted by atomic mass is 16.3. The van der Waals surface area contributed by atoms with Crippen molar-refractivity contribution in [3.8, 4) is 5.75 Å². The summed E-state index contributed by atoms with van der Waals surface area (Å²) >= 11 is 0. The molecular formula is C29H44N3O+. The Balaban J connectivity index is 2.35. The van der Waals surface area contributed by atoms with Crippen molar-refractivity contribution in [2.45, 2.75) is 101 Å². The van der Waals surface area contributed by atoms with Crippen LogP contribution in [0, 0.1) is 62.3 Å². The number of aromatic hydroxyl groups is 1. The van der Waals surface area contributed by atoms with Gasteiger partial charge in [0, 0.05) is 11.3 Å². The molecule has 1 aliphatic rings. The Morgan fingerprint density at radius 2 is 1.03 bits per heavy atom. The number of phenolic OH excluding ortho intramolecular Hbond substituents is 1. The lowest BCUT2D eigenvalue weighted by Gasteiger charge is -2.34. The fraction of sp³-hybridized carbons (Fsp3) is 0.552. The van der Waals surface area contributed by atoms with E-state index in [2.05, 4.69) is 86.4 Å². The normalized spacial score (nSPS) is 16.8. The molecule has 4 nitrogen and oxygen atoms in total. The zero-order valence-corrected chi connectivity index (χ0v) is 23.1. The molecule has 4 heteroatoms. The van der Waals surface area contributed by atoms with Gasteiger partial charge in [0.2, 0.25) is 5.84 Å². The summed E-state index contributed by atoms with van der Waals surface area (Å²) in [6, 6.07) is 0. The summed E-state index contributed by atoms with van der Waals surface area (Å²) in [4.78, 5) is 7.59. The number of nitrogens with two attached hydrogens (primary N) is 1. The summed E-state index contributed by atoms with van der Waals surface area (Å²) < 4.78 is 0. The molecule has 0 spiro atoms. The predicted octanol–water partition coefficient (Wildman–Crippen LogP) is 5.84. The molecule has 0 aromatic heterocycles. The van der Waals surface area contributed by atoms with Gasteiger partial charge in [-0.1, -0.05) is 0 Å². The molecule has 3 rings (SSSR count). The molecule has 0 saturated heterocycles. The number of phenols is 1. The number of quaternary nitrogens is 1. The van der Waals surface area contributed by atoms with Crippen molar-refractivity contribution in [1.82, 2.24) is 0 Å². The zero-order chi connectivity index (χ0) is 25.2. The Morgan fingerprint density at radius 3 is 1.45 bits per heavy atom. The Bertz CT molecular complexity index is 1040. The van der Waals surface area contributed by atoms with Crippen molar-refractivity contribution < 1.29 is 10.4 Å². The minimum atomic E-state index is -0.146. The van der Waals surface area contributed by atoms with E-state index in [-0.39, 0.29) is 11.1 Å². The van der Waals surface area contributed by atoms with Crippen LogP contribution in [-0.4, -0.2) is 28.6 Å². The van der Waals surface area contributed by atoms with Gasteiger partial charge >= 0.3 is 0 Å². The Hall–Kier alpha value is -2.33. The van der Waals surface area contributed by atoms with E-state index in [0.29, 0.717) is 12.3 Å². The van der Waals surface area contributed by atoms with E-state index in [0.717, 1.165) is 28.2 Å². The number of rotatable bonds is 4. The average Bonchev–Trinajstić information content (AvgIpc) is 2.93. The monoisotopic (exact) mass is 450 g/mol. The zero-order valence-electron chi connectivity index (χ0n) is 23.1. The van der Waals surface area contributed by atoms with E-state index in [1.165, 1.54) is 39.1 Å². The van der Waals surface area contributed by atoms with Crippen LogP contribution in [0.1, 0.15) is 77.8 Å². The third-order valence-corrected chi connectivity index (χ3v) is 8.89. The fourth-order valence-corrected chi connectivity index (χ4v) is 5.24. The third kappa shape index (κ3) is 3.86. The minimum Gasteiger partial charge on any atom is -0.507 e. The number of nitrogens with zero attached hydrogens (tertiary/aromatic N) is 2. The van der Waals surface area contributed by atoms with E-state index in [1.807, 2.05) is 13.8 Å². The smallest absolute Gasteiger partial charge is 0.216 e.